The maximum absolute atomic E-state index is 11.0. The third-order valence-corrected chi connectivity index (χ3v) is 13.1. The van der Waals surface area contributed by atoms with E-state index in [2.05, 4.69) is 0 Å². The van der Waals surface area contributed by atoms with Crippen LogP contribution in [0.5, 0.6) is 0 Å². The first-order valence-corrected chi connectivity index (χ1v) is 21.4. The molecule has 0 bridgehead atoms. The number of rotatable bonds is 5. The molecule has 0 heterocycles. The summed E-state index contributed by atoms with van der Waals surface area (Å²) in [4.78, 5) is -0.0329. The molecule has 0 unspecified atom stereocenters. The molecule has 0 atom stereocenters. The zero-order valence-corrected chi connectivity index (χ0v) is 35.9. The molecule has 11 aromatic carbocycles. The highest BCUT2D eigenvalue weighted by atomic mass is 15.1. The molecule has 4 aliphatic carbocycles. The molecule has 4 aliphatic rings. The van der Waals surface area contributed by atoms with E-state index in [0.29, 0.717) is 0 Å². The van der Waals surface area contributed by atoms with Crippen LogP contribution in [0.1, 0.15) is 142 Å². The van der Waals surface area contributed by atoms with Crippen molar-refractivity contribution in [3.8, 4) is 66.8 Å². The van der Waals surface area contributed by atoms with E-state index in [-0.39, 0.29) is 4.90 Å². The zero-order chi connectivity index (χ0) is 92.0. The monoisotopic (exact) mass is 969 g/mol. The maximum atomic E-state index is 11.0. The summed E-state index contributed by atoms with van der Waals surface area (Å²) < 4.78 is 485. The highest BCUT2D eigenvalue weighted by molar-refractivity contribution is 6.05. The fourth-order valence-electron chi connectivity index (χ4n) is 10.1. The number of hydrogen-bond donors (Lipinski definition) is 0. The van der Waals surface area contributed by atoms with Crippen molar-refractivity contribution < 1.29 is 69.9 Å². The van der Waals surface area contributed by atoms with Gasteiger partial charge in [-0.1, -0.05) is 221 Å². The van der Waals surface area contributed by atoms with Gasteiger partial charge in [-0.2, -0.15) is 0 Å². The SMILES string of the molecule is [2H]c1c([2H])c([2H])c2c(c1[2H])-c1c([2H])c([2H])c([2H])c([2H])c1C21c2c([2H])c([2H])c([2H])c([2H])c2-c2c([2H])c([2H])c(N(c3c([2H])c([2H])c(-c4c([2H])c([2H])c5c([2H])c([2H])c([2H])c([2H])c5c4-c4c([2H])c([2H])c5c(c4[2H])-c4c([2H])c([2H])c([2H])c([2H])c4C5(C([2H])([2H])[2H])C([2H])([2H])[2H])c([2H])c3[2H])c3c([2H])c([2H])c4c(c3[2H])C(C([2H])([2H])[2H])(C([2H])([2H])[2H])c3c([2H])c([2H])c([2H])c([2H])c3-4)c([2H])c21. The Morgan fingerprint density at radius 3 is 1.32 bits per heavy atom. The van der Waals surface area contributed by atoms with Crippen LogP contribution in [-0.2, 0) is 16.2 Å². The average molecular weight is 970 g/mol. The van der Waals surface area contributed by atoms with Gasteiger partial charge >= 0.3 is 0 Å². The molecule has 15 rings (SSSR count). The second-order valence-corrected chi connectivity index (χ2v) is 16.8. The Balaban J connectivity index is 1.19. The molecule has 340 valence electrons. The fraction of sp³-hybridized carbons (Fsp3) is 0.0986. The van der Waals surface area contributed by atoms with Gasteiger partial charge in [0.25, 0.3) is 0 Å². The number of hydrogen-bond acceptors (Lipinski definition) is 1. The van der Waals surface area contributed by atoms with Crippen LogP contribution in [0.2, 0.25) is 0 Å². The minimum absolute atomic E-state index is 0.0329. The number of benzene rings is 11. The molecule has 0 fully saturated rings. The van der Waals surface area contributed by atoms with E-state index >= 15 is 0 Å². The summed E-state index contributed by atoms with van der Waals surface area (Å²) >= 11 is 0. The largest absolute Gasteiger partial charge is 0.310 e. The predicted molar refractivity (Wildman–Crippen MR) is 301 cm³/mol. The normalized spacial score (nSPS) is 25.8. The molecule has 0 aromatic heterocycles. The summed E-state index contributed by atoms with van der Waals surface area (Å²) in [5.74, 6) is 0. The molecule has 11 aromatic rings. The van der Waals surface area contributed by atoms with Gasteiger partial charge in [0, 0.05) is 44.3 Å². The molecule has 1 heteroatoms. The lowest BCUT2D eigenvalue weighted by Crippen LogP contribution is -2.26. The molecule has 1 nitrogen and oxygen atoms in total. The molecular formula is C71H51N. The summed E-state index contributed by atoms with van der Waals surface area (Å²) in [6, 6.07) is -53.9. The average Bonchev–Trinajstić information content (AvgIpc) is 1.47. The number of nitrogens with zero attached hydrogens (tertiary/aromatic N) is 1. The van der Waals surface area contributed by atoms with Gasteiger partial charge in [0.2, 0.25) is 0 Å². The smallest absolute Gasteiger partial charge is 0.0726 e. The van der Waals surface area contributed by atoms with Crippen LogP contribution in [0.15, 0.2) is 236 Å². The fourth-order valence-corrected chi connectivity index (χ4v) is 10.1. The van der Waals surface area contributed by atoms with Crippen LogP contribution < -0.4 is 4.90 Å². The highest BCUT2D eigenvalue weighted by Crippen LogP contribution is 2.63. The van der Waals surface area contributed by atoms with Crippen LogP contribution >= 0.6 is 0 Å². The summed E-state index contributed by atoms with van der Waals surface area (Å²) in [6.45, 7) is -16.7. The first-order valence-electron chi connectivity index (χ1n) is 46.9. The van der Waals surface area contributed by atoms with Gasteiger partial charge < -0.3 is 4.90 Å². The Morgan fingerprint density at radius 1 is 0.306 bits per heavy atom. The Labute approximate surface area is 494 Å². The molecule has 1 spiro atoms. The Hall–Kier alpha value is -8.52. The summed E-state index contributed by atoms with van der Waals surface area (Å²) in [5, 5.41) is -2.19. The van der Waals surface area contributed by atoms with Crippen LogP contribution in [0, 0.1) is 0 Å². The lowest BCUT2D eigenvalue weighted by Gasteiger charge is -2.32. The van der Waals surface area contributed by atoms with Gasteiger partial charge in [-0.05, 0) is 164 Å². The van der Waals surface area contributed by atoms with Crippen LogP contribution in [0.4, 0.5) is 17.1 Å². The van der Waals surface area contributed by atoms with E-state index in [1.807, 2.05) is 0 Å². The van der Waals surface area contributed by atoms with Crippen LogP contribution in [0.3, 0.4) is 0 Å². The molecule has 0 aliphatic heterocycles. The Morgan fingerprint density at radius 2 is 0.722 bits per heavy atom. The Bertz CT molecular complexity index is 6760. The third-order valence-electron chi connectivity index (χ3n) is 13.1. The second kappa shape index (κ2) is 14.8. The third kappa shape index (κ3) is 5.43. The molecule has 72 heavy (non-hydrogen) atoms. The van der Waals surface area contributed by atoms with Crippen molar-refractivity contribution in [1.82, 2.24) is 0 Å². The zero-order valence-electron chi connectivity index (χ0n) is 86.9. The van der Waals surface area contributed by atoms with Crippen molar-refractivity contribution >= 4 is 27.8 Å². The van der Waals surface area contributed by atoms with Gasteiger partial charge in [-0.25, -0.2) is 0 Å². The van der Waals surface area contributed by atoms with E-state index in [0.717, 1.165) is 0 Å². The van der Waals surface area contributed by atoms with Crippen molar-refractivity contribution in [2.75, 3.05) is 4.90 Å². The molecule has 0 saturated heterocycles. The standard InChI is InChI=1S/C71H51N/c1-69(2)61-25-13-8-23-56(61)59-41-46(32-40-62(59)69)68-50-18-6-5-17-44(50)31-37-51(68)45-29-33-47(34-30-45)72(48-35-38-57-52-19-7-12-24-60(52)70(3,4)66(57)42-48)49-36-39-58-55-22-11-16-28-65(55)71(67(58)43-49)63-26-14-9-20-53(63)54-21-10-15-27-64(54)71/h5-43H,1-4H3/i1D3,2D3,3D3,4D3,5D,6D,7D,8D,9D,10D,11D,12D,13D,14D,15D,16D,17D,18D,19D,20D,21D,22D,23D,24D,25D,26D,27D,28D,29D,30D,31D,32D,33D,34D,35D,36D,37D,38D,39D,40D,41D,42D,43D. The molecule has 0 radical (unpaired) electrons. The highest BCUT2D eigenvalue weighted by Gasteiger charge is 2.52. The first kappa shape index (κ1) is 15.0. The van der Waals surface area contributed by atoms with Gasteiger partial charge in [0.05, 0.1) is 58.9 Å². The quantitative estimate of drug-likeness (QED) is 0.166. The van der Waals surface area contributed by atoms with Gasteiger partial charge in [-0.3, -0.25) is 0 Å². The molecule has 0 amide bonds. The van der Waals surface area contributed by atoms with E-state index in [9.17, 15) is 48.0 Å². The van der Waals surface area contributed by atoms with Crippen LogP contribution in [-0.4, -0.2) is 0 Å². The molecule has 0 N–H and O–H groups in total. The summed E-state index contributed by atoms with van der Waals surface area (Å²) in [7, 11) is 0. The lowest BCUT2D eigenvalue weighted by molar-refractivity contribution is 0.660. The van der Waals surface area contributed by atoms with E-state index in [1.165, 1.54) is 0 Å². The maximum Gasteiger partial charge on any atom is 0.0726 e. The topological polar surface area (TPSA) is 3.24 Å². The number of anilines is 3. The minimum Gasteiger partial charge on any atom is -0.310 e. The van der Waals surface area contributed by atoms with E-state index < -0.39 is 418 Å². The lowest BCUT2D eigenvalue weighted by atomic mass is 9.70. The van der Waals surface area contributed by atoms with E-state index in [1.54, 1.807) is 0 Å². The minimum atomic E-state index is -4.29. The van der Waals surface area contributed by atoms with Gasteiger partial charge in [0.1, 0.15) is 0 Å². The van der Waals surface area contributed by atoms with Crippen LogP contribution in [0.25, 0.3) is 77.5 Å². The summed E-state index contributed by atoms with van der Waals surface area (Å²) in [5.41, 5.74) is -39.8. The molecular weight excluding hydrogens is 867 g/mol. The van der Waals surface area contributed by atoms with Crippen molar-refractivity contribution in [1.29, 1.82) is 0 Å². The van der Waals surface area contributed by atoms with Gasteiger partial charge in [-0.15, -0.1) is 0 Å². The molecule has 0 saturated carbocycles. The summed E-state index contributed by atoms with van der Waals surface area (Å²) in [6.07, 6.45) is 0. The number of fused-ring (bicyclic) bond motifs is 17. The van der Waals surface area contributed by atoms with Crippen molar-refractivity contribution in [3.63, 3.8) is 0 Å². The van der Waals surface area contributed by atoms with Crippen molar-refractivity contribution in [3.05, 3.63) is 280 Å². The van der Waals surface area contributed by atoms with Crippen molar-refractivity contribution in [2.24, 2.45) is 0 Å². The first-order chi connectivity index (χ1) is 56.5. The van der Waals surface area contributed by atoms with Gasteiger partial charge in [0.15, 0.2) is 0 Å². The van der Waals surface area contributed by atoms with Crippen molar-refractivity contribution in [2.45, 2.75) is 43.7 Å². The van der Waals surface area contributed by atoms with E-state index in [4.69, 9.17) is 21.9 Å². The Kier molecular flexibility index (Phi) is 3.08. The second-order valence-electron chi connectivity index (χ2n) is 16.8. The predicted octanol–water partition coefficient (Wildman–Crippen LogP) is 18.6.